The number of hydrogen-bond donors (Lipinski definition) is 1. The molecule has 1 N–H and O–H groups in total. The van der Waals surface area contributed by atoms with E-state index >= 15 is 0 Å². The molecular weight excluding hydrogens is 228 g/mol. The highest BCUT2D eigenvalue weighted by Crippen LogP contribution is 2.13. The summed E-state index contributed by atoms with van der Waals surface area (Å²) in [5.74, 6) is -0.368. The number of aliphatic hydroxyl groups is 1. The third kappa shape index (κ3) is 4.59. The van der Waals surface area contributed by atoms with Gasteiger partial charge in [0.1, 0.15) is 0 Å². The van der Waals surface area contributed by atoms with Gasteiger partial charge < -0.3 is 9.84 Å². The molecule has 0 bridgehead atoms. The molecule has 0 saturated carbocycles. The van der Waals surface area contributed by atoms with Crippen molar-refractivity contribution in [1.29, 1.82) is 0 Å². The van der Waals surface area contributed by atoms with E-state index in [1.54, 1.807) is 24.3 Å². The highest BCUT2D eigenvalue weighted by atomic mass is 16.6. The summed E-state index contributed by atoms with van der Waals surface area (Å²) >= 11 is 0. The number of hydrogen-bond acceptors (Lipinski definition) is 3. The molecule has 0 aliphatic rings. The third-order valence-electron chi connectivity index (χ3n) is 2.83. The zero-order valence-electron chi connectivity index (χ0n) is 11.1. The van der Waals surface area contributed by atoms with Crippen LogP contribution in [0.2, 0.25) is 0 Å². The van der Waals surface area contributed by atoms with E-state index in [-0.39, 0.29) is 11.9 Å². The standard InChI is InChI=1S/C15H22O3/c1-3-8-13(9-4-2)18-15(17)14(16)12-10-6-5-7-11-12/h5-7,10-11,13,15,17H,3-4,8-9H2,1-2H3. The number of benzene rings is 1. The van der Waals surface area contributed by atoms with Gasteiger partial charge in [-0.1, -0.05) is 57.0 Å². The molecule has 1 aromatic carbocycles. The summed E-state index contributed by atoms with van der Waals surface area (Å²) in [4.78, 5) is 11.9. The minimum absolute atomic E-state index is 0.0392. The van der Waals surface area contributed by atoms with E-state index in [4.69, 9.17) is 4.74 Å². The van der Waals surface area contributed by atoms with Crippen molar-refractivity contribution < 1.29 is 14.6 Å². The molecule has 1 rings (SSSR count). The van der Waals surface area contributed by atoms with Crippen LogP contribution in [0.25, 0.3) is 0 Å². The smallest absolute Gasteiger partial charge is 0.220 e. The van der Waals surface area contributed by atoms with E-state index in [1.165, 1.54) is 0 Å². The molecule has 0 saturated heterocycles. The second-order valence-corrected chi connectivity index (χ2v) is 4.42. The minimum Gasteiger partial charge on any atom is -0.362 e. The lowest BCUT2D eigenvalue weighted by atomic mass is 10.1. The number of ketones is 1. The second kappa shape index (κ2) is 8.01. The number of rotatable bonds is 8. The highest BCUT2D eigenvalue weighted by Gasteiger charge is 2.21. The zero-order valence-corrected chi connectivity index (χ0v) is 11.1. The minimum atomic E-state index is -1.35. The Bertz CT molecular complexity index is 342. The molecule has 3 heteroatoms. The van der Waals surface area contributed by atoms with E-state index in [9.17, 15) is 9.90 Å². The maximum Gasteiger partial charge on any atom is 0.220 e. The zero-order chi connectivity index (χ0) is 13.4. The van der Waals surface area contributed by atoms with Crippen LogP contribution in [0.1, 0.15) is 49.9 Å². The van der Waals surface area contributed by atoms with Crippen LogP contribution in [0.3, 0.4) is 0 Å². The van der Waals surface area contributed by atoms with Crippen LogP contribution in [-0.4, -0.2) is 23.3 Å². The van der Waals surface area contributed by atoms with Gasteiger partial charge in [-0.05, 0) is 12.8 Å². The maximum atomic E-state index is 11.9. The van der Waals surface area contributed by atoms with Crippen molar-refractivity contribution in [2.75, 3.05) is 0 Å². The molecule has 1 aromatic rings. The van der Waals surface area contributed by atoms with Gasteiger partial charge in [0.15, 0.2) is 0 Å². The molecule has 3 nitrogen and oxygen atoms in total. The Kier molecular flexibility index (Phi) is 6.61. The van der Waals surface area contributed by atoms with E-state index in [0.29, 0.717) is 5.56 Å². The first-order chi connectivity index (χ1) is 8.69. The molecule has 1 unspecified atom stereocenters. The van der Waals surface area contributed by atoms with Gasteiger partial charge in [0.2, 0.25) is 12.1 Å². The van der Waals surface area contributed by atoms with Crippen LogP contribution < -0.4 is 0 Å². The Labute approximate surface area is 109 Å². The predicted molar refractivity (Wildman–Crippen MR) is 71.5 cm³/mol. The molecule has 0 fully saturated rings. The summed E-state index contributed by atoms with van der Waals surface area (Å²) in [6, 6.07) is 8.75. The molecule has 0 spiro atoms. The summed E-state index contributed by atoms with van der Waals surface area (Å²) in [7, 11) is 0. The highest BCUT2D eigenvalue weighted by molar-refractivity contribution is 5.98. The number of carbonyl (C=O) groups is 1. The molecule has 0 aliphatic carbocycles. The monoisotopic (exact) mass is 250 g/mol. The van der Waals surface area contributed by atoms with Gasteiger partial charge in [-0.2, -0.15) is 0 Å². The Morgan fingerprint density at radius 2 is 1.72 bits per heavy atom. The van der Waals surface area contributed by atoms with Crippen molar-refractivity contribution in [2.24, 2.45) is 0 Å². The molecule has 1 atom stereocenters. The van der Waals surface area contributed by atoms with E-state index in [0.717, 1.165) is 25.7 Å². The summed E-state index contributed by atoms with van der Waals surface area (Å²) in [6.45, 7) is 4.13. The molecule has 100 valence electrons. The van der Waals surface area contributed by atoms with Crippen LogP contribution in [0.5, 0.6) is 0 Å². The normalized spacial score (nSPS) is 12.7. The first-order valence-corrected chi connectivity index (χ1v) is 6.61. The number of ether oxygens (including phenoxy) is 1. The number of carbonyl (C=O) groups excluding carboxylic acids is 1. The van der Waals surface area contributed by atoms with Gasteiger partial charge in [0.05, 0.1) is 6.10 Å². The molecule has 0 radical (unpaired) electrons. The first-order valence-electron chi connectivity index (χ1n) is 6.61. The van der Waals surface area contributed by atoms with Crippen LogP contribution in [-0.2, 0) is 4.74 Å². The van der Waals surface area contributed by atoms with Gasteiger partial charge in [-0.15, -0.1) is 0 Å². The van der Waals surface area contributed by atoms with Gasteiger partial charge in [-0.25, -0.2) is 0 Å². The Hall–Kier alpha value is -1.19. The first kappa shape index (κ1) is 14.9. The van der Waals surface area contributed by atoms with Gasteiger partial charge >= 0.3 is 0 Å². The van der Waals surface area contributed by atoms with Crippen LogP contribution in [0.15, 0.2) is 30.3 Å². The summed E-state index contributed by atoms with van der Waals surface area (Å²) < 4.78 is 5.45. The van der Waals surface area contributed by atoms with Crippen molar-refractivity contribution in [3.63, 3.8) is 0 Å². The van der Waals surface area contributed by atoms with Crippen molar-refractivity contribution >= 4 is 5.78 Å². The number of aliphatic hydroxyl groups excluding tert-OH is 1. The topological polar surface area (TPSA) is 46.5 Å². The lowest BCUT2D eigenvalue weighted by molar-refractivity contribution is -0.112. The van der Waals surface area contributed by atoms with Crippen molar-refractivity contribution in [3.8, 4) is 0 Å². The number of Topliss-reactive ketones (excluding diaryl/α,β-unsaturated/α-hetero) is 1. The van der Waals surface area contributed by atoms with Gasteiger partial charge in [-0.3, -0.25) is 4.79 Å². The van der Waals surface area contributed by atoms with Crippen molar-refractivity contribution in [1.82, 2.24) is 0 Å². The van der Waals surface area contributed by atoms with Crippen molar-refractivity contribution in [3.05, 3.63) is 35.9 Å². The predicted octanol–water partition coefficient (Wildman–Crippen LogP) is 3.17. The van der Waals surface area contributed by atoms with Crippen LogP contribution in [0.4, 0.5) is 0 Å². The van der Waals surface area contributed by atoms with Crippen molar-refractivity contribution in [2.45, 2.75) is 51.9 Å². The Balaban J connectivity index is 2.58. The summed E-state index contributed by atoms with van der Waals surface area (Å²) in [6.07, 6.45) is 2.31. The quantitative estimate of drug-likeness (QED) is 0.569. The molecule has 0 amide bonds. The molecule has 18 heavy (non-hydrogen) atoms. The average Bonchev–Trinajstić information content (AvgIpc) is 2.39. The fraction of sp³-hybridized carbons (Fsp3) is 0.533. The van der Waals surface area contributed by atoms with Gasteiger partial charge in [0, 0.05) is 5.56 Å². The summed E-state index contributed by atoms with van der Waals surface area (Å²) in [5.41, 5.74) is 0.483. The third-order valence-corrected chi connectivity index (χ3v) is 2.83. The lowest BCUT2D eigenvalue weighted by Gasteiger charge is -2.20. The van der Waals surface area contributed by atoms with E-state index in [1.807, 2.05) is 6.07 Å². The molecule has 0 heterocycles. The van der Waals surface area contributed by atoms with Gasteiger partial charge in [0.25, 0.3) is 0 Å². The Morgan fingerprint density at radius 1 is 1.17 bits per heavy atom. The van der Waals surface area contributed by atoms with E-state index in [2.05, 4.69) is 13.8 Å². The SMILES string of the molecule is CCCC(CCC)OC(O)C(=O)c1ccccc1. The van der Waals surface area contributed by atoms with Crippen LogP contribution in [0, 0.1) is 0 Å². The molecule has 0 aliphatic heterocycles. The maximum absolute atomic E-state index is 11.9. The fourth-order valence-corrected chi connectivity index (χ4v) is 1.91. The largest absolute Gasteiger partial charge is 0.362 e. The van der Waals surface area contributed by atoms with Crippen LogP contribution >= 0.6 is 0 Å². The summed E-state index contributed by atoms with van der Waals surface area (Å²) in [5, 5.41) is 9.82. The molecular formula is C15H22O3. The second-order valence-electron chi connectivity index (χ2n) is 4.42. The fourth-order valence-electron chi connectivity index (χ4n) is 1.91. The van der Waals surface area contributed by atoms with E-state index < -0.39 is 6.29 Å². The lowest BCUT2D eigenvalue weighted by Crippen LogP contribution is -2.29. The Morgan fingerprint density at radius 3 is 2.22 bits per heavy atom. The average molecular weight is 250 g/mol. The molecule has 0 aromatic heterocycles.